The smallest absolute Gasteiger partial charge is 0.0716 e. The second-order valence-electron chi connectivity index (χ2n) is 5.43. The molecule has 1 heterocycles. The molecule has 2 aromatic rings. The zero-order valence-corrected chi connectivity index (χ0v) is 13.7. The largest absolute Gasteiger partial charge is 0.384 e. The number of hydrogen-bond acceptors (Lipinski definition) is 3. The highest BCUT2D eigenvalue weighted by Gasteiger charge is 2.13. The Kier molecular flexibility index (Phi) is 6.25. The average molecular weight is 319 g/mol. The summed E-state index contributed by atoms with van der Waals surface area (Å²) in [5.41, 5.74) is 6.68. The van der Waals surface area contributed by atoms with Gasteiger partial charge in [0.15, 0.2) is 0 Å². The van der Waals surface area contributed by atoms with Crippen molar-refractivity contribution in [1.29, 1.82) is 0 Å². The summed E-state index contributed by atoms with van der Waals surface area (Å²) in [6.45, 7) is 3.48. The third kappa shape index (κ3) is 3.80. The summed E-state index contributed by atoms with van der Waals surface area (Å²) in [5.74, 6) is 0. The molecule has 4 heteroatoms. The molecule has 118 valence electrons. The van der Waals surface area contributed by atoms with E-state index in [-0.39, 0.29) is 12.4 Å². The van der Waals surface area contributed by atoms with Gasteiger partial charge < -0.3 is 15.4 Å². The molecule has 22 heavy (non-hydrogen) atoms. The number of ether oxygens (including phenoxy) is 1. The van der Waals surface area contributed by atoms with Gasteiger partial charge in [-0.1, -0.05) is 42.5 Å². The van der Waals surface area contributed by atoms with Gasteiger partial charge in [0.25, 0.3) is 0 Å². The quantitative estimate of drug-likeness (QED) is 0.855. The van der Waals surface area contributed by atoms with Gasteiger partial charge in [-0.25, -0.2) is 0 Å². The molecule has 0 radical (unpaired) electrons. The van der Waals surface area contributed by atoms with Crippen LogP contribution in [0.1, 0.15) is 22.3 Å². The lowest BCUT2D eigenvalue weighted by Crippen LogP contribution is -2.15. The monoisotopic (exact) mass is 318 g/mol. The Hall–Kier alpha value is -1.55. The van der Waals surface area contributed by atoms with Crippen molar-refractivity contribution in [3.63, 3.8) is 0 Å². The van der Waals surface area contributed by atoms with E-state index in [0.29, 0.717) is 6.61 Å². The van der Waals surface area contributed by atoms with Gasteiger partial charge in [0.05, 0.1) is 6.61 Å². The van der Waals surface area contributed by atoms with E-state index in [1.54, 1.807) is 7.11 Å². The van der Waals surface area contributed by atoms with Crippen LogP contribution < -0.4 is 10.6 Å². The van der Waals surface area contributed by atoms with E-state index in [1.807, 2.05) is 0 Å². The number of rotatable bonds is 6. The van der Waals surface area contributed by atoms with Crippen molar-refractivity contribution in [1.82, 2.24) is 5.32 Å². The molecule has 0 aliphatic carbocycles. The number of methoxy groups -OCH3 is 1. The Bertz CT molecular complexity index is 616. The fourth-order valence-electron chi connectivity index (χ4n) is 2.92. The van der Waals surface area contributed by atoms with E-state index in [4.69, 9.17) is 4.74 Å². The van der Waals surface area contributed by atoms with Crippen LogP contribution in [0.4, 0.5) is 5.69 Å². The van der Waals surface area contributed by atoms with Crippen LogP contribution in [-0.4, -0.2) is 13.7 Å². The maximum Gasteiger partial charge on any atom is 0.0716 e. The first-order chi connectivity index (χ1) is 10.4. The van der Waals surface area contributed by atoms with Crippen LogP contribution in [0.25, 0.3) is 0 Å². The van der Waals surface area contributed by atoms with Crippen LogP contribution in [-0.2, 0) is 30.9 Å². The predicted molar refractivity (Wildman–Crippen MR) is 93.6 cm³/mol. The van der Waals surface area contributed by atoms with E-state index in [1.165, 1.54) is 27.9 Å². The number of hydrogen-bond donors (Lipinski definition) is 2. The lowest BCUT2D eigenvalue weighted by Gasteiger charge is -2.12. The highest BCUT2D eigenvalue weighted by Crippen LogP contribution is 2.26. The average Bonchev–Trinajstić information content (AvgIpc) is 2.99. The topological polar surface area (TPSA) is 33.3 Å². The molecule has 0 saturated heterocycles. The molecule has 0 bridgehead atoms. The number of anilines is 1. The van der Waals surface area contributed by atoms with Crippen LogP contribution in [0.5, 0.6) is 0 Å². The first kappa shape index (κ1) is 16.8. The van der Waals surface area contributed by atoms with Crippen molar-refractivity contribution in [2.45, 2.75) is 26.1 Å². The van der Waals surface area contributed by atoms with Gasteiger partial charge in [-0.15, -0.1) is 12.4 Å². The highest BCUT2D eigenvalue weighted by atomic mass is 35.5. The summed E-state index contributed by atoms with van der Waals surface area (Å²) >= 11 is 0. The fourth-order valence-corrected chi connectivity index (χ4v) is 2.92. The fraction of sp³-hybridized carbons (Fsp3) is 0.333. The Labute approximate surface area is 138 Å². The summed E-state index contributed by atoms with van der Waals surface area (Å²) in [6, 6.07) is 15.0. The zero-order valence-electron chi connectivity index (χ0n) is 12.9. The summed E-state index contributed by atoms with van der Waals surface area (Å²) < 4.78 is 5.26. The van der Waals surface area contributed by atoms with Crippen molar-refractivity contribution < 1.29 is 4.74 Å². The lowest BCUT2D eigenvalue weighted by atomic mass is 10.1. The van der Waals surface area contributed by atoms with Gasteiger partial charge in [0.1, 0.15) is 0 Å². The predicted octanol–water partition coefficient (Wildman–Crippen LogP) is 3.51. The van der Waals surface area contributed by atoms with Crippen molar-refractivity contribution in [2.75, 3.05) is 19.0 Å². The normalized spacial score (nSPS) is 12.4. The van der Waals surface area contributed by atoms with Crippen molar-refractivity contribution in [3.8, 4) is 0 Å². The van der Waals surface area contributed by atoms with E-state index >= 15 is 0 Å². The van der Waals surface area contributed by atoms with E-state index < -0.39 is 0 Å². The van der Waals surface area contributed by atoms with E-state index in [9.17, 15) is 0 Å². The molecule has 2 aromatic carbocycles. The maximum atomic E-state index is 5.26. The van der Waals surface area contributed by atoms with Crippen LogP contribution >= 0.6 is 12.4 Å². The summed E-state index contributed by atoms with van der Waals surface area (Å²) in [6.07, 6.45) is 1.14. The van der Waals surface area contributed by atoms with Gasteiger partial charge in [0, 0.05) is 32.4 Å². The highest BCUT2D eigenvalue weighted by molar-refractivity contribution is 5.85. The first-order valence-electron chi connectivity index (χ1n) is 7.49. The van der Waals surface area contributed by atoms with Crippen LogP contribution in [0.2, 0.25) is 0 Å². The summed E-state index contributed by atoms with van der Waals surface area (Å²) in [5, 5.41) is 7.04. The Morgan fingerprint density at radius 1 is 1.00 bits per heavy atom. The Morgan fingerprint density at radius 2 is 1.73 bits per heavy atom. The number of halogens is 1. The molecular weight excluding hydrogens is 296 g/mol. The van der Waals surface area contributed by atoms with Crippen molar-refractivity contribution >= 4 is 18.1 Å². The van der Waals surface area contributed by atoms with Gasteiger partial charge in [0.2, 0.25) is 0 Å². The van der Waals surface area contributed by atoms with Crippen molar-refractivity contribution in [2.24, 2.45) is 0 Å². The molecule has 0 atom stereocenters. The molecule has 0 unspecified atom stereocenters. The molecule has 0 aromatic heterocycles. The summed E-state index contributed by atoms with van der Waals surface area (Å²) in [7, 11) is 1.74. The third-order valence-corrected chi connectivity index (χ3v) is 3.98. The minimum absolute atomic E-state index is 0. The van der Waals surface area contributed by atoms with Gasteiger partial charge in [-0.3, -0.25) is 0 Å². The van der Waals surface area contributed by atoms with Gasteiger partial charge >= 0.3 is 0 Å². The summed E-state index contributed by atoms with van der Waals surface area (Å²) in [4.78, 5) is 0. The molecule has 3 nitrogen and oxygen atoms in total. The SMILES string of the molecule is COCc1ccccc1CNCc1cccc2c1NCC2.Cl. The Morgan fingerprint density at radius 3 is 2.55 bits per heavy atom. The third-order valence-electron chi connectivity index (χ3n) is 3.98. The maximum absolute atomic E-state index is 5.26. The second-order valence-corrected chi connectivity index (χ2v) is 5.43. The first-order valence-corrected chi connectivity index (χ1v) is 7.49. The number of fused-ring (bicyclic) bond motifs is 1. The van der Waals surface area contributed by atoms with E-state index in [0.717, 1.165) is 26.1 Å². The molecule has 1 aliphatic heterocycles. The molecular formula is C18H23ClN2O. The molecule has 2 N–H and O–H groups in total. The van der Waals surface area contributed by atoms with Crippen LogP contribution in [0.15, 0.2) is 42.5 Å². The number of para-hydroxylation sites is 1. The standard InChI is InChI=1S/C18H22N2O.ClH/c1-21-13-17-6-3-2-5-15(17)11-19-12-16-8-4-7-14-9-10-20-18(14)16;/h2-8,19-20H,9-13H2,1H3;1H. The number of nitrogens with one attached hydrogen (secondary N) is 2. The van der Waals surface area contributed by atoms with Crippen LogP contribution in [0.3, 0.4) is 0 Å². The molecule has 0 saturated carbocycles. The minimum Gasteiger partial charge on any atom is -0.384 e. The number of benzene rings is 2. The van der Waals surface area contributed by atoms with E-state index in [2.05, 4.69) is 53.1 Å². The molecule has 0 spiro atoms. The van der Waals surface area contributed by atoms with Gasteiger partial charge in [-0.2, -0.15) is 0 Å². The van der Waals surface area contributed by atoms with Gasteiger partial charge in [-0.05, 0) is 28.7 Å². The molecule has 1 aliphatic rings. The van der Waals surface area contributed by atoms with Crippen molar-refractivity contribution in [3.05, 3.63) is 64.7 Å². The minimum atomic E-state index is 0. The molecule has 0 amide bonds. The Balaban J connectivity index is 0.00000176. The van der Waals surface area contributed by atoms with Crippen LogP contribution in [0, 0.1) is 0 Å². The zero-order chi connectivity index (χ0) is 14.5. The molecule has 3 rings (SSSR count). The molecule has 0 fully saturated rings. The lowest BCUT2D eigenvalue weighted by molar-refractivity contribution is 0.184. The second kappa shape index (κ2) is 8.18.